The molecule has 1 unspecified atom stereocenters. The number of hydrogen-bond donors (Lipinski definition) is 2. The second-order valence-corrected chi connectivity index (χ2v) is 11.2. The van der Waals surface area contributed by atoms with Crippen molar-refractivity contribution in [1.82, 2.24) is 4.90 Å². The van der Waals surface area contributed by atoms with Crippen LogP contribution in [0.1, 0.15) is 80.5 Å². The van der Waals surface area contributed by atoms with Crippen LogP contribution in [0, 0.1) is 26.7 Å². The quantitative estimate of drug-likeness (QED) is 0.226. The molecule has 7 heteroatoms. The molecular formula is C33H48N2O5. The summed E-state index contributed by atoms with van der Waals surface area (Å²) in [7, 11) is 0. The zero-order valence-electron chi connectivity index (χ0n) is 24.8. The van der Waals surface area contributed by atoms with Crippen molar-refractivity contribution in [2.24, 2.45) is 5.92 Å². The first-order valence-electron chi connectivity index (χ1n) is 15.0. The van der Waals surface area contributed by atoms with Crippen molar-refractivity contribution in [1.29, 1.82) is 0 Å². The maximum atomic E-state index is 13.4. The molecule has 2 N–H and O–H groups in total. The Morgan fingerprint density at radius 1 is 1.00 bits per heavy atom. The number of carboxylic acid groups (broad SMARTS) is 1. The van der Waals surface area contributed by atoms with E-state index >= 15 is 0 Å². The number of rotatable bonds is 15. The van der Waals surface area contributed by atoms with Crippen LogP contribution in [0.5, 0.6) is 5.75 Å². The Kier molecular flexibility index (Phi) is 12.8. The maximum Gasteiger partial charge on any atom is 0.333 e. The van der Waals surface area contributed by atoms with E-state index in [9.17, 15) is 14.7 Å². The molecule has 1 saturated carbocycles. The minimum absolute atomic E-state index is 0.0951. The molecule has 1 atom stereocenters. The fourth-order valence-corrected chi connectivity index (χ4v) is 5.72. The number of nitrogens with zero attached hydrogens (tertiary/aromatic N) is 1. The highest BCUT2D eigenvalue weighted by Crippen LogP contribution is 2.28. The van der Waals surface area contributed by atoms with Gasteiger partial charge in [0.25, 0.3) is 0 Å². The molecule has 0 spiro atoms. The second kappa shape index (κ2) is 16.3. The van der Waals surface area contributed by atoms with Crippen LogP contribution in [0.15, 0.2) is 36.4 Å². The van der Waals surface area contributed by atoms with Gasteiger partial charge in [0.1, 0.15) is 12.4 Å². The summed E-state index contributed by atoms with van der Waals surface area (Å²) < 4.78 is 11.3. The summed E-state index contributed by atoms with van der Waals surface area (Å²) in [5, 5.41) is 12.5. The molecular weight excluding hydrogens is 504 g/mol. The summed E-state index contributed by atoms with van der Waals surface area (Å²) in [6, 6.07) is 11.5. The van der Waals surface area contributed by atoms with Crippen LogP contribution >= 0.6 is 0 Å². The number of carbonyl (C=O) groups excluding carboxylic acids is 1. The highest BCUT2D eigenvalue weighted by atomic mass is 16.5. The van der Waals surface area contributed by atoms with Gasteiger partial charge in [-0.15, -0.1) is 0 Å². The van der Waals surface area contributed by atoms with Crippen LogP contribution < -0.4 is 10.1 Å². The first kappa shape index (κ1) is 31.5. The lowest BCUT2D eigenvalue weighted by atomic mass is 9.86. The minimum Gasteiger partial charge on any atom is -0.492 e. The third-order valence-corrected chi connectivity index (χ3v) is 7.83. The van der Waals surface area contributed by atoms with Crippen molar-refractivity contribution in [2.45, 2.75) is 91.6 Å². The highest BCUT2D eigenvalue weighted by molar-refractivity contribution is 5.91. The number of benzene rings is 2. The van der Waals surface area contributed by atoms with Gasteiger partial charge in [-0.25, -0.2) is 9.59 Å². The number of aliphatic carboxylic acids is 1. The lowest BCUT2D eigenvalue weighted by Gasteiger charge is -2.25. The van der Waals surface area contributed by atoms with E-state index in [4.69, 9.17) is 9.47 Å². The minimum atomic E-state index is -0.963. The molecule has 7 nitrogen and oxygen atoms in total. The van der Waals surface area contributed by atoms with Crippen LogP contribution in [0.4, 0.5) is 10.5 Å². The number of amides is 2. The predicted octanol–water partition coefficient (Wildman–Crippen LogP) is 7.31. The molecule has 0 saturated heterocycles. The lowest BCUT2D eigenvalue weighted by molar-refractivity contribution is -0.149. The zero-order valence-corrected chi connectivity index (χ0v) is 24.8. The molecule has 2 aromatic rings. The molecule has 1 aliphatic carbocycles. The summed E-state index contributed by atoms with van der Waals surface area (Å²) in [5.74, 6) is 0.574. The Bertz CT molecular complexity index is 1060. The molecule has 0 aromatic heterocycles. The summed E-state index contributed by atoms with van der Waals surface area (Å²) in [5.41, 5.74) is 5.06. The van der Waals surface area contributed by atoms with Gasteiger partial charge in [0, 0.05) is 25.3 Å². The zero-order chi connectivity index (χ0) is 28.9. The van der Waals surface area contributed by atoms with Gasteiger partial charge in [-0.1, -0.05) is 74.8 Å². The van der Waals surface area contributed by atoms with Gasteiger partial charge < -0.3 is 24.8 Å². The van der Waals surface area contributed by atoms with Gasteiger partial charge in [0.15, 0.2) is 6.10 Å². The van der Waals surface area contributed by atoms with E-state index in [1.54, 1.807) is 6.92 Å². The molecule has 2 aromatic carbocycles. The number of unbranched alkanes of at least 4 members (excludes halogenated alkanes) is 1. The van der Waals surface area contributed by atoms with Crippen molar-refractivity contribution in [3.8, 4) is 5.75 Å². The van der Waals surface area contributed by atoms with E-state index in [1.165, 1.54) is 44.1 Å². The van der Waals surface area contributed by atoms with E-state index in [1.807, 2.05) is 43.0 Å². The van der Waals surface area contributed by atoms with Crippen LogP contribution in [-0.4, -0.2) is 54.4 Å². The molecule has 2 amide bonds. The number of carbonyl (C=O) groups is 2. The Morgan fingerprint density at radius 2 is 1.68 bits per heavy atom. The normalized spacial score (nSPS) is 14.5. The maximum absolute atomic E-state index is 13.4. The van der Waals surface area contributed by atoms with Gasteiger partial charge >= 0.3 is 12.0 Å². The second-order valence-electron chi connectivity index (χ2n) is 11.2. The Morgan fingerprint density at radius 3 is 2.30 bits per heavy atom. The number of urea groups is 1. The third kappa shape index (κ3) is 10.2. The first-order valence-corrected chi connectivity index (χ1v) is 15.0. The SMILES string of the molecule is CCOC(Cc1ccc(OCCN(CCCCC2CCCCC2)C(=O)Nc2c(C)cc(C)cc2C)cc1)C(=O)O. The standard InChI is InChI=1S/C33H48N2O5/c1-5-39-30(32(36)37)23-28-14-16-29(17-15-28)40-20-19-35(18-10-9-13-27-11-7-6-8-12-27)33(38)34-31-25(3)21-24(2)22-26(31)4/h14-17,21-22,27,30H,5-13,18-20,23H2,1-4H3,(H,34,38)(H,36,37). The lowest BCUT2D eigenvalue weighted by Crippen LogP contribution is -2.39. The number of carboxylic acids is 1. The average molecular weight is 553 g/mol. The molecule has 40 heavy (non-hydrogen) atoms. The van der Waals surface area contributed by atoms with Gasteiger partial charge in [0.05, 0.1) is 6.54 Å². The first-order chi connectivity index (χ1) is 19.3. The largest absolute Gasteiger partial charge is 0.492 e. The average Bonchev–Trinajstić information content (AvgIpc) is 2.93. The highest BCUT2D eigenvalue weighted by Gasteiger charge is 2.19. The summed E-state index contributed by atoms with van der Waals surface area (Å²) in [4.78, 5) is 26.6. The summed E-state index contributed by atoms with van der Waals surface area (Å²) in [6.45, 7) is 9.82. The third-order valence-electron chi connectivity index (χ3n) is 7.83. The van der Waals surface area contributed by atoms with Crippen molar-refractivity contribution in [3.63, 3.8) is 0 Å². The molecule has 220 valence electrons. The summed E-state index contributed by atoms with van der Waals surface area (Å²) in [6.07, 6.45) is 9.61. The van der Waals surface area contributed by atoms with Crippen LogP contribution in [0.2, 0.25) is 0 Å². The number of anilines is 1. The number of ether oxygens (including phenoxy) is 2. The van der Waals surface area contributed by atoms with Crippen molar-refractivity contribution in [2.75, 3.05) is 31.6 Å². The number of nitrogens with one attached hydrogen (secondary N) is 1. The van der Waals surface area contributed by atoms with Crippen molar-refractivity contribution in [3.05, 3.63) is 58.7 Å². The monoisotopic (exact) mass is 552 g/mol. The van der Waals surface area contributed by atoms with Crippen LogP contribution in [-0.2, 0) is 16.0 Å². The Labute approximate surface area is 240 Å². The predicted molar refractivity (Wildman–Crippen MR) is 160 cm³/mol. The smallest absolute Gasteiger partial charge is 0.333 e. The fourth-order valence-electron chi connectivity index (χ4n) is 5.72. The van der Waals surface area contributed by atoms with Crippen LogP contribution in [0.25, 0.3) is 0 Å². The van der Waals surface area contributed by atoms with E-state index in [0.29, 0.717) is 38.5 Å². The van der Waals surface area contributed by atoms with Crippen molar-refractivity contribution < 1.29 is 24.2 Å². The van der Waals surface area contributed by atoms with Gasteiger partial charge in [-0.05, 0) is 68.9 Å². The van der Waals surface area contributed by atoms with Crippen LogP contribution in [0.3, 0.4) is 0 Å². The Hall–Kier alpha value is -3.06. The van der Waals surface area contributed by atoms with E-state index in [-0.39, 0.29) is 6.03 Å². The Balaban J connectivity index is 1.56. The van der Waals surface area contributed by atoms with E-state index < -0.39 is 12.1 Å². The topological polar surface area (TPSA) is 88.1 Å². The summed E-state index contributed by atoms with van der Waals surface area (Å²) >= 11 is 0. The van der Waals surface area contributed by atoms with Gasteiger partial charge in [0.2, 0.25) is 0 Å². The number of aryl methyl sites for hydroxylation is 3. The molecule has 3 rings (SSSR count). The van der Waals surface area contributed by atoms with Gasteiger partial charge in [-0.2, -0.15) is 0 Å². The molecule has 0 heterocycles. The molecule has 0 radical (unpaired) electrons. The fraction of sp³-hybridized carbons (Fsp3) is 0.576. The van der Waals surface area contributed by atoms with E-state index in [0.717, 1.165) is 41.1 Å². The van der Waals surface area contributed by atoms with Gasteiger partial charge in [-0.3, -0.25) is 0 Å². The molecule has 1 aliphatic rings. The molecule has 0 bridgehead atoms. The molecule has 1 fully saturated rings. The van der Waals surface area contributed by atoms with Crippen molar-refractivity contribution >= 4 is 17.7 Å². The molecule has 0 aliphatic heterocycles. The van der Waals surface area contributed by atoms with E-state index in [2.05, 4.69) is 24.4 Å². The number of hydrogen-bond acceptors (Lipinski definition) is 4.